The molecule has 0 aromatic heterocycles. The van der Waals surface area contributed by atoms with Crippen LogP contribution in [0.2, 0.25) is 0 Å². The van der Waals surface area contributed by atoms with Crippen molar-refractivity contribution in [2.24, 2.45) is 5.14 Å². The molecule has 0 saturated carbocycles. The highest BCUT2D eigenvalue weighted by atomic mass is 32.2. The largest absolute Gasteiger partial charge is 0.460 e. The molecule has 1 atom stereocenters. The SMILES string of the molecule is CCOC1Oc2ccccc2C(=O)/C1=C/Nc1ccc(S(N)(=O)=O)cc1. The number of primary sulfonamides is 1. The minimum atomic E-state index is -3.75. The number of anilines is 1. The lowest BCUT2D eigenvalue weighted by atomic mass is 10.00. The van der Waals surface area contributed by atoms with E-state index in [0.717, 1.165) is 0 Å². The number of fused-ring (bicyclic) bond motifs is 1. The van der Waals surface area contributed by atoms with Gasteiger partial charge in [0, 0.05) is 18.5 Å². The first kappa shape index (κ1) is 18.1. The minimum Gasteiger partial charge on any atom is -0.460 e. The van der Waals surface area contributed by atoms with Crippen LogP contribution >= 0.6 is 0 Å². The molecule has 3 N–H and O–H groups in total. The number of Topliss-reactive ketones (excluding diaryl/α,β-unsaturated/α-hetero) is 1. The highest BCUT2D eigenvalue weighted by Crippen LogP contribution is 2.31. The predicted molar refractivity (Wildman–Crippen MR) is 96.3 cm³/mol. The van der Waals surface area contributed by atoms with E-state index in [-0.39, 0.29) is 10.7 Å². The molecule has 7 nitrogen and oxygen atoms in total. The van der Waals surface area contributed by atoms with Gasteiger partial charge in [-0.2, -0.15) is 0 Å². The Morgan fingerprint density at radius 1 is 1.19 bits per heavy atom. The van der Waals surface area contributed by atoms with Gasteiger partial charge in [-0.15, -0.1) is 0 Å². The second kappa shape index (κ2) is 7.28. The summed E-state index contributed by atoms with van der Waals surface area (Å²) in [5.41, 5.74) is 1.37. The van der Waals surface area contributed by atoms with Gasteiger partial charge >= 0.3 is 0 Å². The number of hydrogen-bond donors (Lipinski definition) is 2. The van der Waals surface area contributed by atoms with Gasteiger partial charge in [-0.05, 0) is 43.3 Å². The molecular weight excluding hydrogens is 356 g/mol. The van der Waals surface area contributed by atoms with Crippen LogP contribution in [-0.2, 0) is 14.8 Å². The van der Waals surface area contributed by atoms with Crippen LogP contribution in [0.15, 0.2) is 65.2 Å². The first-order chi connectivity index (χ1) is 12.4. The predicted octanol–water partition coefficient (Wildman–Crippen LogP) is 2.27. The van der Waals surface area contributed by atoms with Crippen molar-refractivity contribution in [2.75, 3.05) is 11.9 Å². The summed E-state index contributed by atoms with van der Waals surface area (Å²) in [5.74, 6) is 0.282. The number of nitrogens with one attached hydrogen (secondary N) is 1. The molecule has 0 fully saturated rings. The summed E-state index contributed by atoms with van der Waals surface area (Å²) in [5, 5.41) is 8.04. The molecule has 26 heavy (non-hydrogen) atoms. The Labute approximate surface area is 151 Å². The highest BCUT2D eigenvalue weighted by Gasteiger charge is 2.32. The zero-order valence-corrected chi connectivity index (χ0v) is 14.8. The van der Waals surface area contributed by atoms with E-state index >= 15 is 0 Å². The van der Waals surface area contributed by atoms with Gasteiger partial charge in [0.15, 0.2) is 5.78 Å². The molecule has 1 unspecified atom stereocenters. The molecule has 0 amide bonds. The smallest absolute Gasteiger partial charge is 0.238 e. The first-order valence-electron chi connectivity index (χ1n) is 7.91. The number of ketones is 1. The van der Waals surface area contributed by atoms with Gasteiger partial charge in [0.1, 0.15) is 5.75 Å². The van der Waals surface area contributed by atoms with Gasteiger partial charge in [0.05, 0.1) is 16.0 Å². The number of nitrogens with two attached hydrogens (primary N) is 1. The summed E-state index contributed by atoms with van der Waals surface area (Å²) in [4.78, 5) is 12.8. The van der Waals surface area contributed by atoms with E-state index in [2.05, 4.69) is 5.32 Å². The fourth-order valence-corrected chi connectivity index (χ4v) is 3.02. The third-order valence-corrected chi connectivity index (χ3v) is 4.71. The van der Waals surface area contributed by atoms with Crippen molar-refractivity contribution in [2.45, 2.75) is 18.1 Å². The lowest BCUT2D eigenvalue weighted by molar-refractivity contribution is -0.0509. The summed E-state index contributed by atoms with van der Waals surface area (Å²) < 4.78 is 33.9. The van der Waals surface area contributed by atoms with Gasteiger partial charge in [-0.25, -0.2) is 13.6 Å². The summed E-state index contributed by atoms with van der Waals surface area (Å²) in [6.45, 7) is 2.19. The van der Waals surface area contributed by atoms with Gasteiger partial charge in [-0.1, -0.05) is 12.1 Å². The van der Waals surface area contributed by atoms with Crippen LogP contribution in [0.1, 0.15) is 17.3 Å². The Morgan fingerprint density at radius 3 is 2.54 bits per heavy atom. The van der Waals surface area contributed by atoms with E-state index in [1.165, 1.54) is 18.3 Å². The number of rotatable bonds is 5. The van der Waals surface area contributed by atoms with Crippen molar-refractivity contribution < 1.29 is 22.7 Å². The molecule has 0 spiro atoms. The van der Waals surface area contributed by atoms with Crippen molar-refractivity contribution in [3.05, 3.63) is 65.9 Å². The Hall–Kier alpha value is -2.68. The van der Waals surface area contributed by atoms with Crippen LogP contribution in [0.25, 0.3) is 0 Å². The number of carbonyl (C=O) groups is 1. The van der Waals surface area contributed by atoms with Crippen LogP contribution in [0.4, 0.5) is 5.69 Å². The number of benzene rings is 2. The molecule has 0 saturated heterocycles. The van der Waals surface area contributed by atoms with E-state index in [9.17, 15) is 13.2 Å². The topological polar surface area (TPSA) is 108 Å². The molecule has 136 valence electrons. The molecular formula is C18H18N2O5S. The van der Waals surface area contributed by atoms with Gasteiger partial charge in [0.2, 0.25) is 16.3 Å². The standard InChI is InChI=1S/C18H18N2O5S/c1-2-24-18-15(17(21)14-5-3-4-6-16(14)25-18)11-20-12-7-9-13(10-8-12)26(19,22)23/h3-11,18,20H,2H2,1H3,(H2,19,22,23)/b15-11-. The summed E-state index contributed by atoms with van der Waals surface area (Å²) in [6, 6.07) is 12.8. The third kappa shape index (κ3) is 3.77. The molecule has 0 aliphatic carbocycles. The average Bonchev–Trinajstić information content (AvgIpc) is 2.61. The molecule has 0 radical (unpaired) electrons. The fraction of sp³-hybridized carbons (Fsp3) is 0.167. The number of carbonyl (C=O) groups excluding carboxylic acids is 1. The number of hydrogen-bond acceptors (Lipinski definition) is 6. The van der Waals surface area contributed by atoms with Crippen molar-refractivity contribution >= 4 is 21.5 Å². The van der Waals surface area contributed by atoms with Gasteiger partial charge in [-0.3, -0.25) is 4.79 Å². The zero-order chi connectivity index (χ0) is 18.7. The molecule has 2 aromatic carbocycles. The summed E-state index contributed by atoms with van der Waals surface area (Å²) >= 11 is 0. The maximum absolute atomic E-state index is 12.7. The maximum atomic E-state index is 12.7. The quantitative estimate of drug-likeness (QED) is 0.778. The van der Waals surface area contributed by atoms with Crippen molar-refractivity contribution in [1.29, 1.82) is 0 Å². The van der Waals surface area contributed by atoms with Crippen LogP contribution in [0.5, 0.6) is 5.75 Å². The molecule has 1 aliphatic heterocycles. The average molecular weight is 374 g/mol. The highest BCUT2D eigenvalue weighted by molar-refractivity contribution is 7.89. The van der Waals surface area contributed by atoms with Gasteiger partial charge in [0.25, 0.3) is 0 Å². The zero-order valence-electron chi connectivity index (χ0n) is 14.0. The second-order valence-corrected chi connectivity index (χ2v) is 7.11. The molecule has 1 aliphatic rings. The van der Waals surface area contributed by atoms with E-state index in [0.29, 0.717) is 29.2 Å². The van der Waals surface area contributed by atoms with Crippen LogP contribution in [0, 0.1) is 0 Å². The number of ether oxygens (including phenoxy) is 2. The van der Waals surface area contributed by atoms with Crippen molar-refractivity contribution in [3.8, 4) is 5.75 Å². The molecule has 1 heterocycles. The Morgan fingerprint density at radius 2 is 1.88 bits per heavy atom. The Balaban J connectivity index is 1.87. The second-order valence-electron chi connectivity index (χ2n) is 5.54. The molecule has 8 heteroatoms. The lowest BCUT2D eigenvalue weighted by Crippen LogP contribution is -2.33. The van der Waals surface area contributed by atoms with Crippen molar-refractivity contribution in [3.63, 3.8) is 0 Å². The molecule has 2 aromatic rings. The van der Waals surface area contributed by atoms with Gasteiger partial charge < -0.3 is 14.8 Å². The van der Waals surface area contributed by atoms with Crippen LogP contribution in [0.3, 0.4) is 0 Å². The third-order valence-electron chi connectivity index (χ3n) is 3.78. The normalized spacial score (nSPS) is 18.3. The monoisotopic (exact) mass is 374 g/mol. The molecule has 0 bridgehead atoms. The van der Waals surface area contributed by atoms with Crippen LogP contribution in [-0.4, -0.2) is 27.1 Å². The maximum Gasteiger partial charge on any atom is 0.238 e. The fourth-order valence-electron chi connectivity index (χ4n) is 2.51. The Kier molecular flexibility index (Phi) is 5.08. The van der Waals surface area contributed by atoms with E-state index in [1.54, 1.807) is 36.4 Å². The Bertz CT molecular complexity index is 952. The number of sulfonamides is 1. The summed E-state index contributed by atoms with van der Waals surface area (Å²) in [7, 11) is -3.75. The number of para-hydroxylation sites is 1. The first-order valence-corrected chi connectivity index (χ1v) is 9.46. The van der Waals surface area contributed by atoms with E-state index < -0.39 is 16.3 Å². The van der Waals surface area contributed by atoms with E-state index in [1.807, 2.05) is 6.92 Å². The van der Waals surface area contributed by atoms with E-state index in [4.69, 9.17) is 14.6 Å². The summed E-state index contributed by atoms with van der Waals surface area (Å²) in [6.07, 6.45) is 0.684. The minimum absolute atomic E-state index is 0.00824. The van der Waals surface area contributed by atoms with Crippen LogP contribution < -0.4 is 15.2 Å². The molecule has 3 rings (SSSR count). The lowest BCUT2D eigenvalue weighted by Gasteiger charge is -2.27. The van der Waals surface area contributed by atoms with Crippen molar-refractivity contribution in [1.82, 2.24) is 0 Å².